The summed E-state index contributed by atoms with van der Waals surface area (Å²) >= 11 is 0. The summed E-state index contributed by atoms with van der Waals surface area (Å²) in [6, 6.07) is 9.10. The van der Waals surface area contributed by atoms with Crippen LogP contribution >= 0.6 is 0 Å². The van der Waals surface area contributed by atoms with Gasteiger partial charge in [0.25, 0.3) is 5.91 Å². The van der Waals surface area contributed by atoms with Crippen LogP contribution in [0.25, 0.3) is 0 Å². The third-order valence-electron chi connectivity index (χ3n) is 7.55. The number of benzene rings is 1. The summed E-state index contributed by atoms with van der Waals surface area (Å²) in [5, 5.41) is 2.91. The lowest BCUT2D eigenvalue weighted by molar-refractivity contribution is -0.139. The van der Waals surface area contributed by atoms with E-state index in [-0.39, 0.29) is 29.7 Å². The maximum Gasteiger partial charge on any atom is 0.257 e. The third-order valence-corrected chi connectivity index (χ3v) is 7.55. The molecule has 0 radical (unpaired) electrons. The van der Waals surface area contributed by atoms with Crippen LogP contribution in [0.4, 0.5) is 17.2 Å². The van der Waals surface area contributed by atoms with Gasteiger partial charge in [-0.15, -0.1) is 0 Å². The van der Waals surface area contributed by atoms with Gasteiger partial charge in [0, 0.05) is 24.7 Å². The number of rotatable bonds is 7. The molecule has 2 aliphatic heterocycles. The summed E-state index contributed by atoms with van der Waals surface area (Å²) in [5.41, 5.74) is 2.18. The minimum Gasteiger partial charge on any atom is -0.343 e. The Morgan fingerprint density at radius 3 is 2.58 bits per heavy atom. The van der Waals surface area contributed by atoms with Gasteiger partial charge in [0.15, 0.2) is 5.82 Å². The number of piperidine rings is 1. The number of anilines is 3. The van der Waals surface area contributed by atoms with E-state index in [9.17, 15) is 14.4 Å². The van der Waals surface area contributed by atoms with Crippen LogP contribution < -0.4 is 10.2 Å². The average Bonchev–Trinajstić information content (AvgIpc) is 3.00. The van der Waals surface area contributed by atoms with Crippen molar-refractivity contribution in [3.63, 3.8) is 0 Å². The molecule has 1 aromatic heterocycles. The van der Waals surface area contributed by atoms with Crippen molar-refractivity contribution in [2.45, 2.75) is 60.3 Å². The number of hydrogen-bond donors (Lipinski definition) is 1. The van der Waals surface area contributed by atoms with E-state index in [0.29, 0.717) is 28.7 Å². The summed E-state index contributed by atoms with van der Waals surface area (Å²) in [5.74, 6) is 0.945. The Balaban J connectivity index is 1.37. The molecule has 204 valence electrons. The number of hydrogen-bond acceptors (Lipinski definition) is 5. The van der Waals surface area contributed by atoms with E-state index in [1.54, 1.807) is 23.2 Å². The predicted octanol–water partition coefficient (Wildman–Crippen LogP) is 5.01. The van der Waals surface area contributed by atoms with Crippen LogP contribution in [0.3, 0.4) is 0 Å². The number of fused-ring (bicyclic) bond motifs is 2. The fourth-order valence-electron chi connectivity index (χ4n) is 5.40. The Hall–Kier alpha value is -3.26. The predicted molar refractivity (Wildman–Crippen MR) is 151 cm³/mol. The number of aryl methyl sites for hydroxylation is 1. The number of pyridine rings is 1. The fourth-order valence-corrected chi connectivity index (χ4v) is 5.40. The summed E-state index contributed by atoms with van der Waals surface area (Å²) in [7, 11) is 0. The average molecular weight is 520 g/mol. The van der Waals surface area contributed by atoms with Gasteiger partial charge < -0.3 is 10.2 Å². The second-order valence-corrected chi connectivity index (χ2v) is 11.6. The van der Waals surface area contributed by atoms with E-state index >= 15 is 0 Å². The van der Waals surface area contributed by atoms with E-state index < -0.39 is 0 Å². The van der Waals surface area contributed by atoms with Crippen molar-refractivity contribution in [3.05, 3.63) is 47.7 Å². The van der Waals surface area contributed by atoms with Crippen LogP contribution in [0, 0.1) is 18.3 Å². The molecule has 0 bridgehead atoms. The molecule has 8 nitrogen and oxygen atoms in total. The second kappa shape index (κ2) is 11.6. The highest BCUT2D eigenvalue weighted by atomic mass is 16.2. The molecule has 0 atom stereocenters. The molecular weight excluding hydrogens is 478 g/mol. The van der Waals surface area contributed by atoms with Gasteiger partial charge in [0.1, 0.15) is 0 Å². The molecule has 1 saturated heterocycles. The minimum absolute atomic E-state index is 0.0933. The zero-order valence-electron chi connectivity index (χ0n) is 23.4. The van der Waals surface area contributed by atoms with Gasteiger partial charge in [-0.1, -0.05) is 32.4 Å². The molecule has 38 heavy (non-hydrogen) atoms. The maximum atomic E-state index is 13.7. The van der Waals surface area contributed by atoms with Crippen molar-refractivity contribution < 1.29 is 14.4 Å². The Morgan fingerprint density at radius 2 is 1.89 bits per heavy atom. The summed E-state index contributed by atoms with van der Waals surface area (Å²) in [6.07, 6.45) is 5.82. The molecule has 0 spiro atoms. The molecule has 1 aromatic carbocycles. The van der Waals surface area contributed by atoms with Gasteiger partial charge in [-0.2, -0.15) is 0 Å². The van der Waals surface area contributed by atoms with Crippen molar-refractivity contribution in [3.8, 4) is 0 Å². The molecule has 0 saturated carbocycles. The molecule has 8 heteroatoms. The van der Waals surface area contributed by atoms with Gasteiger partial charge in [-0.25, -0.2) is 4.98 Å². The van der Waals surface area contributed by atoms with Crippen LogP contribution in [0.1, 0.15) is 69.3 Å². The first-order chi connectivity index (χ1) is 18.1. The van der Waals surface area contributed by atoms with Gasteiger partial charge in [0.2, 0.25) is 11.8 Å². The van der Waals surface area contributed by atoms with Crippen LogP contribution in [-0.2, 0) is 9.59 Å². The Kier molecular flexibility index (Phi) is 8.51. The third kappa shape index (κ3) is 6.23. The number of amides is 3. The number of carbonyl (C=O) groups is 3. The minimum atomic E-state index is -0.347. The molecule has 2 aliphatic rings. The van der Waals surface area contributed by atoms with E-state index in [1.807, 2.05) is 57.7 Å². The van der Waals surface area contributed by atoms with Crippen LogP contribution in [0.15, 0.2) is 36.5 Å². The molecule has 1 fully saturated rings. The van der Waals surface area contributed by atoms with E-state index in [1.165, 1.54) is 0 Å². The molecule has 0 unspecified atom stereocenters. The Bertz CT molecular complexity index is 1180. The largest absolute Gasteiger partial charge is 0.343 e. The van der Waals surface area contributed by atoms with Gasteiger partial charge >= 0.3 is 0 Å². The fraction of sp³-hybridized carbons (Fsp3) is 0.533. The SMILES string of the molecule is CCN(CCCC1CCN(CC(=O)N2c3ccc(C)cc3C(=O)Nc3cccnc32)CC1)C(=O)C(C)(C)C. The smallest absolute Gasteiger partial charge is 0.257 e. The zero-order valence-corrected chi connectivity index (χ0v) is 23.4. The maximum absolute atomic E-state index is 13.7. The molecule has 0 aliphatic carbocycles. The van der Waals surface area contributed by atoms with Crippen LogP contribution in [-0.4, -0.2) is 65.2 Å². The standard InChI is InChI=1S/C30H41N5O3/c1-6-34(29(38)30(3,4)5)16-8-9-22-13-17-33(18-14-22)20-26(36)35-25-12-11-21(2)19-23(25)28(37)32-24-10-7-15-31-27(24)35/h7,10-12,15,19,22H,6,8-9,13-14,16-18,20H2,1-5H3,(H,32,37). The summed E-state index contributed by atoms with van der Waals surface area (Å²) < 4.78 is 0. The molecule has 2 aromatic rings. The number of aromatic nitrogens is 1. The molecule has 1 N–H and O–H groups in total. The lowest BCUT2D eigenvalue weighted by Gasteiger charge is -2.34. The molecule has 4 rings (SSSR count). The lowest BCUT2D eigenvalue weighted by Crippen LogP contribution is -2.42. The van der Waals surface area contributed by atoms with Crippen LogP contribution in [0.5, 0.6) is 0 Å². The monoisotopic (exact) mass is 519 g/mol. The summed E-state index contributed by atoms with van der Waals surface area (Å²) in [6.45, 7) is 13.4. The number of carbonyl (C=O) groups excluding carboxylic acids is 3. The van der Waals surface area contributed by atoms with Crippen LogP contribution in [0.2, 0.25) is 0 Å². The van der Waals surface area contributed by atoms with Gasteiger partial charge in [-0.05, 0) is 82.8 Å². The number of nitrogens with one attached hydrogen (secondary N) is 1. The molecule has 3 amide bonds. The molecular formula is C30H41N5O3. The van der Waals surface area contributed by atoms with Crippen molar-refractivity contribution in [1.29, 1.82) is 0 Å². The summed E-state index contributed by atoms with van der Waals surface area (Å²) in [4.78, 5) is 49.5. The van der Waals surface area contributed by atoms with Crippen molar-refractivity contribution >= 4 is 34.9 Å². The van der Waals surface area contributed by atoms with Crippen molar-refractivity contribution in [2.24, 2.45) is 11.3 Å². The van der Waals surface area contributed by atoms with Crippen molar-refractivity contribution in [2.75, 3.05) is 42.9 Å². The molecule has 3 heterocycles. The van der Waals surface area contributed by atoms with Gasteiger partial charge in [0.05, 0.1) is 23.5 Å². The normalized spacial score (nSPS) is 16.3. The quantitative estimate of drug-likeness (QED) is 0.556. The Labute approximate surface area is 226 Å². The number of nitrogens with zero attached hydrogens (tertiary/aromatic N) is 4. The first-order valence-electron chi connectivity index (χ1n) is 13.8. The zero-order chi connectivity index (χ0) is 27.4. The highest BCUT2D eigenvalue weighted by molar-refractivity contribution is 6.17. The topological polar surface area (TPSA) is 85.8 Å². The number of likely N-dealkylation sites (tertiary alicyclic amines) is 1. The Morgan fingerprint density at radius 1 is 1.16 bits per heavy atom. The lowest BCUT2D eigenvalue weighted by atomic mass is 9.91. The highest BCUT2D eigenvalue weighted by Crippen LogP contribution is 2.37. The van der Waals surface area contributed by atoms with E-state index in [0.717, 1.165) is 57.4 Å². The van der Waals surface area contributed by atoms with E-state index in [4.69, 9.17) is 0 Å². The van der Waals surface area contributed by atoms with Gasteiger partial charge in [-0.3, -0.25) is 24.2 Å². The highest BCUT2D eigenvalue weighted by Gasteiger charge is 2.32. The van der Waals surface area contributed by atoms with Crippen molar-refractivity contribution in [1.82, 2.24) is 14.8 Å². The first-order valence-corrected chi connectivity index (χ1v) is 13.8. The first kappa shape index (κ1) is 27.8. The second-order valence-electron chi connectivity index (χ2n) is 11.6. The van der Waals surface area contributed by atoms with E-state index in [2.05, 4.69) is 15.2 Å².